The molecule has 0 spiro atoms. The fourth-order valence-electron chi connectivity index (χ4n) is 4.18. The molecule has 1 fully saturated rings. The van der Waals surface area contributed by atoms with Crippen LogP contribution in [0.2, 0.25) is 0 Å². The quantitative estimate of drug-likeness (QED) is 0.480. The predicted octanol–water partition coefficient (Wildman–Crippen LogP) is 4.91. The van der Waals surface area contributed by atoms with Crippen molar-refractivity contribution in [2.24, 2.45) is 0 Å². The minimum Gasteiger partial charge on any atom is -0.504 e. The van der Waals surface area contributed by atoms with Crippen LogP contribution in [-0.4, -0.2) is 47.5 Å². The van der Waals surface area contributed by atoms with Crippen LogP contribution in [0.15, 0.2) is 18.2 Å². The highest BCUT2D eigenvalue weighted by molar-refractivity contribution is 5.41. The molecule has 0 aliphatic carbocycles. The van der Waals surface area contributed by atoms with E-state index < -0.39 is 0 Å². The molecule has 0 bridgehead atoms. The lowest BCUT2D eigenvalue weighted by atomic mass is 9.96. The van der Waals surface area contributed by atoms with Crippen LogP contribution in [0, 0.1) is 0 Å². The SMILES string of the molecule is CCCCCCC[C@@H](O)CC(CCc1ccc(O)c(OC)c1)N1CCCC1. The summed E-state index contributed by atoms with van der Waals surface area (Å²) in [7, 11) is 1.59. The Morgan fingerprint density at radius 3 is 2.52 bits per heavy atom. The number of hydrogen-bond acceptors (Lipinski definition) is 4. The molecule has 0 amide bonds. The number of benzene rings is 1. The molecule has 4 heteroatoms. The Morgan fingerprint density at radius 1 is 1.07 bits per heavy atom. The van der Waals surface area contributed by atoms with Gasteiger partial charge >= 0.3 is 0 Å². The second-order valence-corrected chi connectivity index (χ2v) is 8.03. The third-order valence-corrected chi connectivity index (χ3v) is 5.85. The number of nitrogens with zero attached hydrogens (tertiary/aromatic N) is 1. The number of rotatable bonds is 13. The monoisotopic (exact) mass is 377 g/mol. The first-order chi connectivity index (χ1) is 13.1. The molecule has 154 valence electrons. The second kappa shape index (κ2) is 12.2. The molecule has 4 nitrogen and oxygen atoms in total. The standard InChI is InChI=1S/C23H39NO3/c1-3-4-5-6-7-10-21(25)18-20(24-15-8-9-16-24)13-11-19-12-14-22(26)23(17-19)27-2/h12,14,17,20-21,25-26H,3-11,13,15-16,18H2,1-2H3/t20?,21-/m1/s1. The highest BCUT2D eigenvalue weighted by Gasteiger charge is 2.24. The third kappa shape index (κ3) is 7.71. The van der Waals surface area contributed by atoms with Gasteiger partial charge in [0, 0.05) is 6.04 Å². The summed E-state index contributed by atoms with van der Waals surface area (Å²) in [6.07, 6.45) is 12.4. The predicted molar refractivity (Wildman–Crippen MR) is 112 cm³/mol. The number of unbranched alkanes of at least 4 members (excludes halogenated alkanes) is 4. The van der Waals surface area contributed by atoms with Crippen LogP contribution in [0.4, 0.5) is 0 Å². The van der Waals surface area contributed by atoms with Crippen molar-refractivity contribution in [3.8, 4) is 11.5 Å². The van der Waals surface area contributed by atoms with Crippen molar-refractivity contribution in [1.82, 2.24) is 4.90 Å². The van der Waals surface area contributed by atoms with Crippen LogP contribution in [0.1, 0.15) is 76.7 Å². The summed E-state index contributed by atoms with van der Waals surface area (Å²) in [4.78, 5) is 2.57. The largest absolute Gasteiger partial charge is 0.504 e. The number of aromatic hydroxyl groups is 1. The minimum atomic E-state index is -0.188. The van der Waals surface area contributed by atoms with E-state index in [4.69, 9.17) is 4.74 Å². The maximum absolute atomic E-state index is 10.6. The summed E-state index contributed by atoms with van der Waals surface area (Å²) in [6.45, 7) is 4.55. The summed E-state index contributed by atoms with van der Waals surface area (Å²) < 4.78 is 5.23. The van der Waals surface area contributed by atoms with Crippen molar-refractivity contribution in [3.63, 3.8) is 0 Å². The van der Waals surface area contributed by atoms with Crippen LogP contribution in [-0.2, 0) is 6.42 Å². The van der Waals surface area contributed by atoms with Gasteiger partial charge in [-0.3, -0.25) is 0 Å². The fraction of sp³-hybridized carbons (Fsp3) is 0.739. The summed E-state index contributed by atoms with van der Waals surface area (Å²) in [5.74, 6) is 0.730. The Kier molecular flexibility index (Phi) is 10.00. The van der Waals surface area contributed by atoms with Gasteiger partial charge in [0.15, 0.2) is 11.5 Å². The highest BCUT2D eigenvalue weighted by atomic mass is 16.5. The van der Waals surface area contributed by atoms with Gasteiger partial charge in [-0.05, 0) is 69.3 Å². The first-order valence-corrected chi connectivity index (χ1v) is 10.9. The van der Waals surface area contributed by atoms with E-state index in [1.807, 2.05) is 12.1 Å². The van der Waals surface area contributed by atoms with Crippen LogP contribution in [0.5, 0.6) is 11.5 Å². The molecule has 0 radical (unpaired) electrons. The van der Waals surface area contributed by atoms with E-state index in [2.05, 4.69) is 11.8 Å². The fourth-order valence-corrected chi connectivity index (χ4v) is 4.18. The zero-order chi connectivity index (χ0) is 19.5. The smallest absolute Gasteiger partial charge is 0.160 e. The van der Waals surface area contributed by atoms with Crippen molar-refractivity contribution in [1.29, 1.82) is 0 Å². The molecule has 1 aromatic rings. The number of methoxy groups -OCH3 is 1. The van der Waals surface area contributed by atoms with E-state index >= 15 is 0 Å². The number of aryl methyl sites for hydroxylation is 1. The van der Waals surface area contributed by atoms with Crippen LogP contribution in [0.3, 0.4) is 0 Å². The number of aliphatic hydroxyl groups is 1. The Balaban J connectivity index is 1.84. The Hall–Kier alpha value is -1.26. The van der Waals surface area contributed by atoms with Crippen molar-refractivity contribution in [2.75, 3.05) is 20.2 Å². The van der Waals surface area contributed by atoms with Crippen molar-refractivity contribution >= 4 is 0 Å². The molecule has 0 saturated carbocycles. The topological polar surface area (TPSA) is 52.9 Å². The maximum Gasteiger partial charge on any atom is 0.160 e. The highest BCUT2D eigenvalue weighted by Crippen LogP contribution is 2.28. The third-order valence-electron chi connectivity index (χ3n) is 5.85. The van der Waals surface area contributed by atoms with E-state index in [1.165, 1.54) is 44.1 Å². The molecule has 1 aliphatic heterocycles. The number of ether oxygens (including phenoxy) is 1. The first-order valence-electron chi connectivity index (χ1n) is 10.9. The molecule has 1 heterocycles. The van der Waals surface area contributed by atoms with Crippen LogP contribution < -0.4 is 4.74 Å². The molecular weight excluding hydrogens is 338 g/mol. The number of hydrogen-bond donors (Lipinski definition) is 2. The number of phenols is 1. The van der Waals surface area contributed by atoms with Gasteiger partial charge in [0.25, 0.3) is 0 Å². The van der Waals surface area contributed by atoms with Crippen molar-refractivity contribution in [3.05, 3.63) is 23.8 Å². The number of likely N-dealkylation sites (tertiary alicyclic amines) is 1. The average molecular weight is 378 g/mol. The zero-order valence-corrected chi connectivity index (χ0v) is 17.3. The Morgan fingerprint density at radius 2 is 1.81 bits per heavy atom. The second-order valence-electron chi connectivity index (χ2n) is 8.03. The molecule has 27 heavy (non-hydrogen) atoms. The zero-order valence-electron chi connectivity index (χ0n) is 17.3. The van der Waals surface area contributed by atoms with Gasteiger partial charge in [-0.2, -0.15) is 0 Å². The van der Waals surface area contributed by atoms with Gasteiger partial charge in [-0.1, -0.05) is 45.1 Å². The van der Waals surface area contributed by atoms with E-state index in [0.29, 0.717) is 11.8 Å². The number of aliphatic hydroxyl groups excluding tert-OH is 1. The van der Waals surface area contributed by atoms with Crippen LogP contribution >= 0.6 is 0 Å². The molecule has 2 atom stereocenters. The maximum atomic E-state index is 10.6. The Labute approximate surface area is 165 Å². The molecule has 1 unspecified atom stereocenters. The van der Waals surface area contributed by atoms with E-state index in [9.17, 15) is 10.2 Å². The van der Waals surface area contributed by atoms with Gasteiger partial charge in [0.2, 0.25) is 0 Å². The van der Waals surface area contributed by atoms with Crippen molar-refractivity contribution in [2.45, 2.75) is 89.7 Å². The summed E-state index contributed by atoms with van der Waals surface area (Å²) in [5, 5.41) is 20.3. The normalized spacial score (nSPS) is 17.1. The van der Waals surface area contributed by atoms with Gasteiger partial charge in [0.05, 0.1) is 13.2 Å². The van der Waals surface area contributed by atoms with E-state index in [-0.39, 0.29) is 11.9 Å². The van der Waals surface area contributed by atoms with Gasteiger partial charge in [-0.25, -0.2) is 0 Å². The number of phenolic OH excluding ortho intramolecular Hbond substituents is 1. The molecule has 1 saturated heterocycles. The lowest BCUT2D eigenvalue weighted by Gasteiger charge is -2.29. The summed E-state index contributed by atoms with van der Waals surface area (Å²) in [5.41, 5.74) is 1.18. The van der Waals surface area contributed by atoms with E-state index in [0.717, 1.165) is 45.2 Å². The van der Waals surface area contributed by atoms with Gasteiger partial charge < -0.3 is 19.8 Å². The Bertz CT molecular complexity index is 528. The summed E-state index contributed by atoms with van der Waals surface area (Å²) >= 11 is 0. The lowest BCUT2D eigenvalue weighted by Crippen LogP contribution is -2.36. The van der Waals surface area contributed by atoms with E-state index in [1.54, 1.807) is 13.2 Å². The molecule has 2 rings (SSSR count). The van der Waals surface area contributed by atoms with Crippen molar-refractivity contribution < 1.29 is 14.9 Å². The van der Waals surface area contributed by atoms with Gasteiger partial charge in [0.1, 0.15) is 0 Å². The lowest BCUT2D eigenvalue weighted by molar-refractivity contribution is 0.100. The average Bonchev–Trinajstić information content (AvgIpc) is 3.20. The molecule has 0 aromatic heterocycles. The molecular formula is C23H39NO3. The molecule has 2 N–H and O–H groups in total. The molecule has 1 aromatic carbocycles. The summed E-state index contributed by atoms with van der Waals surface area (Å²) in [6, 6.07) is 6.06. The van der Waals surface area contributed by atoms with Crippen LogP contribution in [0.25, 0.3) is 0 Å². The first kappa shape index (κ1) is 22.0. The molecule has 1 aliphatic rings. The van der Waals surface area contributed by atoms with Gasteiger partial charge in [-0.15, -0.1) is 0 Å². The minimum absolute atomic E-state index is 0.188.